The van der Waals surface area contributed by atoms with E-state index in [4.69, 9.17) is 5.73 Å². The Morgan fingerprint density at radius 3 is 3.20 bits per heavy atom. The molecule has 0 bridgehead atoms. The van der Waals surface area contributed by atoms with Crippen molar-refractivity contribution in [1.29, 1.82) is 0 Å². The van der Waals surface area contributed by atoms with Gasteiger partial charge in [0.05, 0.1) is 10.4 Å². The molecule has 2 heterocycles. The predicted octanol–water partition coefficient (Wildman–Crippen LogP) is 1.23. The third-order valence-electron chi connectivity index (χ3n) is 2.82. The molecule has 0 radical (unpaired) electrons. The third-order valence-corrected chi connectivity index (χ3v) is 3.51. The second-order valence-electron chi connectivity index (χ2n) is 3.89. The minimum absolute atomic E-state index is 0.298. The molecule has 78 valence electrons. The van der Waals surface area contributed by atoms with E-state index in [9.17, 15) is 0 Å². The molecule has 1 aromatic carbocycles. The largest absolute Gasteiger partial charge is 0.368 e. The van der Waals surface area contributed by atoms with Gasteiger partial charge in [0, 0.05) is 19.1 Å². The molecule has 5 heteroatoms. The zero-order valence-corrected chi connectivity index (χ0v) is 9.07. The van der Waals surface area contributed by atoms with Crippen LogP contribution in [0.15, 0.2) is 18.2 Å². The van der Waals surface area contributed by atoms with Gasteiger partial charge in [0.15, 0.2) is 0 Å². The zero-order chi connectivity index (χ0) is 10.3. The Hall–Kier alpha value is -1.20. The van der Waals surface area contributed by atoms with Gasteiger partial charge in [-0.3, -0.25) is 0 Å². The maximum atomic E-state index is 5.91. The summed E-state index contributed by atoms with van der Waals surface area (Å²) in [6, 6.07) is 6.51. The van der Waals surface area contributed by atoms with E-state index in [1.54, 1.807) is 0 Å². The van der Waals surface area contributed by atoms with Gasteiger partial charge in [0.2, 0.25) is 0 Å². The summed E-state index contributed by atoms with van der Waals surface area (Å²) >= 11 is 1.44. The molecule has 0 aliphatic carbocycles. The monoisotopic (exact) mass is 220 g/mol. The molecule has 1 saturated heterocycles. The van der Waals surface area contributed by atoms with E-state index in [1.807, 2.05) is 0 Å². The molecule has 0 amide bonds. The van der Waals surface area contributed by atoms with Crippen molar-refractivity contribution >= 4 is 27.4 Å². The number of hydrogen-bond acceptors (Lipinski definition) is 5. The van der Waals surface area contributed by atoms with Crippen LogP contribution in [0, 0.1) is 0 Å². The molecule has 1 aliphatic heterocycles. The van der Waals surface area contributed by atoms with Gasteiger partial charge in [-0.2, -0.15) is 0 Å². The first kappa shape index (κ1) is 9.06. The Bertz CT molecular complexity index is 481. The zero-order valence-electron chi connectivity index (χ0n) is 8.26. The second kappa shape index (κ2) is 3.43. The van der Waals surface area contributed by atoms with Crippen LogP contribution in [0.25, 0.3) is 10.2 Å². The first-order chi connectivity index (χ1) is 7.34. The van der Waals surface area contributed by atoms with Gasteiger partial charge >= 0.3 is 0 Å². The van der Waals surface area contributed by atoms with Gasteiger partial charge in [-0.05, 0) is 30.1 Å². The Kier molecular flexibility index (Phi) is 2.07. The molecule has 1 aliphatic rings. The maximum Gasteiger partial charge on any atom is 0.129 e. The van der Waals surface area contributed by atoms with Crippen LogP contribution < -0.4 is 10.6 Å². The van der Waals surface area contributed by atoms with E-state index in [0.29, 0.717) is 6.04 Å². The topological polar surface area (TPSA) is 55.0 Å². The molecule has 1 aromatic heterocycles. The molecule has 0 saturated carbocycles. The van der Waals surface area contributed by atoms with Crippen LogP contribution in [-0.2, 0) is 0 Å². The SMILES string of the molecule is NC1CCN(c2cccc3snnc23)C1. The number of aromatic nitrogens is 2. The first-order valence-electron chi connectivity index (χ1n) is 5.06. The second-order valence-corrected chi connectivity index (χ2v) is 4.68. The Labute approximate surface area is 91.9 Å². The molecular weight excluding hydrogens is 208 g/mol. The minimum atomic E-state index is 0.298. The average Bonchev–Trinajstić information content (AvgIpc) is 2.84. The molecule has 1 atom stereocenters. The molecule has 4 nitrogen and oxygen atoms in total. The molecule has 15 heavy (non-hydrogen) atoms. The summed E-state index contributed by atoms with van der Waals surface area (Å²) in [6.45, 7) is 1.95. The summed E-state index contributed by atoms with van der Waals surface area (Å²) in [6.07, 6.45) is 1.06. The van der Waals surface area contributed by atoms with Crippen molar-refractivity contribution in [3.63, 3.8) is 0 Å². The summed E-state index contributed by atoms with van der Waals surface area (Å²) in [4.78, 5) is 2.30. The molecule has 0 spiro atoms. The highest BCUT2D eigenvalue weighted by Gasteiger charge is 2.21. The lowest BCUT2D eigenvalue weighted by Crippen LogP contribution is -2.26. The van der Waals surface area contributed by atoms with Gasteiger partial charge in [-0.15, -0.1) is 5.10 Å². The Morgan fingerprint density at radius 1 is 1.47 bits per heavy atom. The molecule has 1 unspecified atom stereocenters. The highest BCUT2D eigenvalue weighted by molar-refractivity contribution is 7.13. The minimum Gasteiger partial charge on any atom is -0.368 e. The standard InChI is InChI=1S/C10H12N4S/c11-7-4-5-14(6-7)8-2-1-3-9-10(8)12-13-15-9/h1-3,7H,4-6,11H2. The van der Waals surface area contributed by atoms with Gasteiger partial charge in [-0.1, -0.05) is 10.6 Å². The van der Waals surface area contributed by atoms with E-state index in [2.05, 4.69) is 32.7 Å². The van der Waals surface area contributed by atoms with Crippen molar-refractivity contribution in [2.45, 2.75) is 12.5 Å². The van der Waals surface area contributed by atoms with E-state index in [-0.39, 0.29) is 0 Å². The lowest BCUT2D eigenvalue weighted by molar-refractivity contribution is 0.752. The Morgan fingerprint density at radius 2 is 2.40 bits per heavy atom. The number of rotatable bonds is 1. The molecule has 3 rings (SSSR count). The van der Waals surface area contributed by atoms with E-state index in [0.717, 1.165) is 29.7 Å². The fourth-order valence-corrected chi connectivity index (χ4v) is 2.63. The van der Waals surface area contributed by atoms with Crippen LogP contribution >= 0.6 is 11.5 Å². The van der Waals surface area contributed by atoms with E-state index in [1.165, 1.54) is 17.2 Å². The predicted molar refractivity (Wildman–Crippen MR) is 62.2 cm³/mol. The number of hydrogen-bond donors (Lipinski definition) is 1. The first-order valence-corrected chi connectivity index (χ1v) is 5.83. The summed E-state index contributed by atoms with van der Waals surface area (Å²) in [5.74, 6) is 0. The molecular formula is C10H12N4S. The lowest BCUT2D eigenvalue weighted by atomic mass is 10.2. The van der Waals surface area contributed by atoms with Crippen molar-refractivity contribution in [2.75, 3.05) is 18.0 Å². The summed E-state index contributed by atoms with van der Waals surface area (Å²) in [5, 5.41) is 4.17. The van der Waals surface area contributed by atoms with Gasteiger partial charge < -0.3 is 10.6 Å². The fraction of sp³-hybridized carbons (Fsp3) is 0.400. The van der Waals surface area contributed by atoms with Gasteiger partial charge in [0.1, 0.15) is 5.52 Å². The van der Waals surface area contributed by atoms with Crippen LogP contribution in [0.3, 0.4) is 0 Å². The number of fused-ring (bicyclic) bond motifs is 1. The van der Waals surface area contributed by atoms with E-state index < -0.39 is 0 Å². The highest BCUT2D eigenvalue weighted by Crippen LogP contribution is 2.28. The Balaban J connectivity index is 2.06. The fourth-order valence-electron chi connectivity index (χ4n) is 2.05. The van der Waals surface area contributed by atoms with Crippen LogP contribution in [0.4, 0.5) is 5.69 Å². The average molecular weight is 220 g/mol. The lowest BCUT2D eigenvalue weighted by Gasteiger charge is -2.17. The number of benzene rings is 1. The molecule has 2 aromatic rings. The molecule has 2 N–H and O–H groups in total. The molecule has 1 fully saturated rings. The van der Waals surface area contributed by atoms with Crippen molar-refractivity contribution in [3.05, 3.63) is 18.2 Å². The highest BCUT2D eigenvalue weighted by atomic mass is 32.1. The number of nitrogens with two attached hydrogens (primary N) is 1. The van der Waals surface area contributed by atoms with Crippen LogP contribution in [0.1, 0.15) is 6.42 Å². The maximum absolute atomic E-state index is 5.91. The van der Waals surface area contributed by atoms with Crippen LogP contribution in [-0.4, -0.2) is 28.7 Å². The summed E-state index contributed by atoms with van der Waals surface area (Å²) in [7, 11) is 0. The quantitative estimate of drug-likeness (QED) is 0.785. The summed E-state index contributed by atoms with van der Waals surface area (Å²) in [5.41, 5.74) is 8.09. The van der Waals surface area contributed by atoms with Crippen molar-refractivity contribution in [3.8, 4) is 0 Å². The summed E-state index contributed by atoms with van der Waals surface area (Å²) < 4.78 is 5.13. The van der Waals surface area contributed by atoms with Crippen LogP contribution in [0.2, 0.25) is 0 Å². The van der Waals surface area contributed by atoms with Crippen molar-refractivity contribution < 1.29 is 0 Å². The van der Waals surface area contributed by atoms with Crippen LogP contribution in [0.5, 0.6) is 0 Å². The number of anilines is 1. The number of nitrogens with zero attached hydrogens (tertiary/aromatic N) is 3. The van der Waals surface area contributed by atoms with Gasteiger partial charge in [-0.25, -0.2) is 0 Å². The van der Waals surface area contributed by atoms with E-state index >= 15 is 0 Å². The van der Waals surface area contributed by atoms with Crippen molar-refractivity contribution in [1.82, 2.24) is 9.59 Å². The third kappa shape index (κ3) is 1.48. The smallest absolute Gasteiger partial charge is 0.129 e. The van der Waals surface area contributed by atoms with Crippen molar-refractivity contribution in [2.24, 2.45) is 5.73 Å². The van der Waals surface area contributed by atoms with Gasteiger partial charge in [0.25, 0.3) is 0 Å². The normalized spacial score (nSPS) is 21.4.